The summed E-state index contributed by atoms with van der Waals surface area (Å²) in [6, 6.07) is 6.37. The fraction of sp³-hybridized carbons (Fsp3) is 0.636. The van der Waals surface area contributed by atoms with Crippen molar-refractivity contribution in [1.82, 2.24) is 20.0 Å². The van der Waals surface area contributed by atoms with Gasteiger partial charge in [0.2, 0.25) is 5.91 Å². The normalized spacial score (nSPS) is 14.3. The van der Waals surface area contributed by atoms with Crippen LogP contribution in [0.15, 0.2) is 29.3 Å². The summed E-state index contributed by atoms with van der Waals surface area (Å²) in [5, 5.41) is 14.2. The molecular formula is C22H37IN6O4. The van der Waals surface area contributed by atoms with Gasteiger partial charge in [0.05, 0.1) is 31.2 Å². The van der Waals surface area contributed by atoms with Crippen LogP contribution in [-0.2, 0) is 16.1 Å². The zero-order valence-electron chi connectivity index (χ0n) is 19.9. The van der Waals surface area contributed by atoms with Gasteiger partial charge in [0.25, 0.3) is 5.69 Å². The quantitative estimate of drug-likeness (QED) is 0.108. The molecule has 0 unspecified atom stereocenters. The second kappa shape index (κ2) is 15.8. The number of amides is 1. The van der Waals surface area contributed by atoms with Crippen molar-refractivity contribution < 1.29 is 14.5 Å². The van der Waals surface area contributed by atoms with E-state index in [1.54, 1.807) is 17.0 Å². The molecule has 0 atom stereocenters. The number of ether oxygens (including phenoxy) is 1. The monoisotopic (exact) mass is 576 g/mol. The standard InChI is InChI=1S/C22H36N6O4.HI/c1-4-27(5-2)21(29)18-25(3)22(23-11-6-12-26-13-15-32-16-14-26)24-17-19-7-9-20(10-8-19)28(30)31;/h7-10H,4-6,11-18H2,1-3H3,(H,23,24);1H. The van der Waals surface area contributed by atoms with Crippen LogP contribution in [0.4, 0.5) is 5.69 Å². The molecule has 10 nitrogen and oxygen atoms in total. The molecule has 0 saturated carbocycles. The Morgan fingerprint density at radius 3 is 2.42 bits per heavy atom. The minimum absolute atomic E-state index is 0. The van der Waals surface area contributed by atoms with E-state index in [9.17, 15) is 14.9 Å². The van der Waals surface area contributed by atoms with Crippen LogP contribution in [-0.4, -0.2) is 97.6 Å². The van der Waals surface area contributed by atoms with Gasteiger partial charge in [-0.05, 0) is 32.4 Å². The molecule has 1 fully saturated rings. The molecule has 1 aliphatic heterocycles. The molecule has 186 valence electrons. The van der Waals surface area contributed by atoms with Gasteiger partial charge in [-0.2, -0.15) is 0 Å². The Morgan fingerprint density at radius 1 is 1.21 bits per heavy atom. The number of carbonyl (C=O) groups excluding carboxylic acids is 1. The van der Waals surface area contributed by atoms with Crippen LogP contribution in [0.1, 0.15) is 25.8 Å². The number of benzene rings is 1. The molecule has 11 heteroatoms. The Kier molecular flexibility index (Phi) is 13.9. The number of rotatable bonds is 11. The number of guanidine groups is 1. The molecule has 0 aromatic heterocycles. The van der Waals surface area contributed by atoms with Crippen LogP contribution in [0.3, 0.4) is 0 Å². The van der Waals surface area contributed by atoms with Crippen molar-refractivity contribution in [2.24, 2.45) is 4.99 Å². The van der Waals surface area contributed by atoms with Crippen molar-refractivity contribution in [3.63, 3.8) is 0 Å². The number of nitro groups is 1. The minimum Gasteiger partial charge on any atom is -0.379 e. The first-order valence-corrected chi connectivity index (χ1v) is 11.2. The summed E-state index contributed by atoms with van der Waals surface area (Å²) in [5.74, 6) is 0.696. The van der Waals surface area contributed by atoms with Crippen molar-refractivity contribution in [2.45, 2.75) is 26.8 Å². The van der Waals surface area contributed by atoms with Gasteiger partial charge in [-0.3, -0.25) is 19.8 Å². The molecule has 0 radical (unpaired) electrons. The first-order chi connectivity index (χ1) is 15.4. The van der Waals surface area contributed by atoms with Crippen molar-refractivity contribution in [2.75, 3.05) is 66.1 Å². The maximum absolute atomic E-state index is 12.6. The molecule has 1 amide bonds. The lowest BCUT2D eigenvalue weighted by molar-refractivity contribution is -0.384. The molecule has 0 aliphatic carbocycles. The average Bonchev–Trinajstić information content (AvgIpc) is 2.80. The first-order valence-electron chi connectivity index (χ1n) is 11.2. The second-order valence-corrected chi connectivity index (χ2v) is 7.72. The second-order valence-electron chi connectivity index (χ2n) is 7.72. The summed E-state index contributed by atoms with van der Waals surface area (Å²) in [6.45, 7) is 11.1. The molecule has 1 aromatic carbocycles. The summed E-state index contributed by atoms with van der Waals surface area (Å²) in [7, 11) is 1.85. The number of non-ortho nitro benzene ring substituents is 1. The highest BCUT2D eigenvalue weighted by Crippen LogP contribution is 2.12. The number of carbonyl (C=O) groups is 1. The fourth-order valence-electron chi connectivity index (χ4n) is 3.48. The minimum atomic E-state index is -0.416. The third kappa shape index (κ3) is 10.2. The van der Waals surface area contributed by atoms with E-state index < -0.39 is 4.92 Å². The lowest BCUT2D eigenvalue weighted by Crippen LogP contribution is -2.46. The lowest BCUT2D eigenvalue weighted by atomic mass is 10.2. The maximum atomic E-state index is 12.6. The predicted molar refractivity (Wildman–Crippen MR) is 140 cm³/mol. The van der Waals surface area contributed by atoms with Crippen LogP contribution in [0.2, 0.25) is 0 Å². The fourth-order valence-corrected chi connectivity index (χ4v) is 3.48. The Hall–Kier alpha value is -1.99. The smallest absolute Gasteiger partial charge is 0.269 e. The number of likely N-dealkylation sites (N-methyl/N-ethyl adjacent to an activating group) is 2. The molecule has 1 aliphatic rings. The van der Waals surface area contributed by atoms with E-state index in [-0.39, 0.29) is 42.1 Å². The van der Waals surface area contributed by atoms with E-state index in [1.165, 1.54) is 12.1 Å². The molecule has 1 aromatic rings. The van der Waals surface area contributed by atoms with E-state index >= 15 is 0 Å². The topological polar surface area (TPSA) is 104 Å². The predicted octanol–water partition coefficient (Wildman–Crippen LogP) is 2.18. The van der Waals surface area contributed by atoms with Gasteiger partial charge in [-0.25, -0.2) is 4.99 Å². The Bertz CT molecular complexity index is 752. The number of hydrogen-bond donors (Lipinski definition) is 1. The lowest BCUT2D eigenvalue weighted by Gasteiger charge is -2.28. The number of halogens is 1. The Morgan fingerprint density at radius 2 is 1.85 bits per heavy atom. The zero-order valence-corrected chi connectivity index (χ0v) is 22.2. The van der Waals surface area contributed by atoms with Crippen molar-refractivity contribution in [3.05, 3.63) is 39.9 Å². The van der Waals surface area contributed by atoms with Gasteiger partial charge in [0.1, 0.15) is 0 Å². The molecular weight excluding hydrogens is 539 g/mol. The van der Waals surface area contributed by atoms with E-state index in [0.717, 1.165) is 51.4 Å². The summed E-state index contributed by atoms with van der Waals surface area (Å²) >= 11 is 0. The number of nitrogens with zero attached hydrogens (tertiary/aromatic N) is 5. The molecule has 1 N–H and O–H groups in total. The maximum Gasteiger partial charge on any atom is 0.269 e. The average molecular weight is 576 g/mol. The van der Waals surface area contributed by atoms with Gasteiger partial charge in [-0.1, -0.05) is 12.1 Å². The Balaban J connectivity index is 0.00000544. The SMILES string of the molecule is CCN(CC)C(=O)CN(C)C(=NCc1ccc([N+](=O)[O-])cc1)NCCCN1CCOCC1.I. The van der Waals surface area contributed by atoms with Gasteiger partial charge in [-0.15, -0.1) is 24.0 Å². The summed E-state index contributed by atoms with van der Waals surface area (Å²) in [6.07, 6.45) is 0.953. The summed E-state index contributed by atoms with van der Waals surface area (Å²) in [5.41, 5.74) is 0.924. The highest BCUT2D eigenvalue weighted by Gasteiger charge is 2.16. The van der Waals surface area contributed by atoms with Crippen molar-refractivity contribution >= 4 is 41.5 Å². The van der Waals surface area contributed by atoms with Gasteiger partial charge < -0.3 is 19.9 Å². The largest absolute Gasteiger partial charge is 0.379 e. The zero-order chi connectivity index (χ0) is 23.3. The molecule has 1 heterocycles. The van der Waals surface area contributed by atoms with E-state index in [2.05, 4.69) is 15.2 Å². The summed E-state index contributed by atoms with van der Waals surface area (Å²) < 4.78 is 5.39. The van der Waals surface area contributed by atoms with Gasteiger partial charge >= 0.3 is 0 Å². The number of aliphatic imine (C=N–C) groups is 1. The number of nitrogens with one attached hydrogen (secondary N) is 1. The van der Waals surface area contributed by atoms with Crippen LogP contribution >= 0.6 is 24.0 Å². The van der Waals surface area contributed by atoms with E-state index in [1.807, 2.05) is 25.8 Å². The molecule has 33 heavy (non-hydrogen) atoms. The van der Waals surface area contributed by atoms with Crippen LogP contribution in [0.5, 0.6) is 0 Å². The highest BCUT2D eigenvalue weighted by molar-refractivity contribution is 14.0. The molecule has 1 saturated heterocycles. The molecule has 0 bridgehead atoms. The first kappa shape index (κ1) is 29.0. The van der Waals surface area contributed by atoms with Crippen LogP contribution in [0, 0.1) is 10.1 Å². The number of morpholine rings is 1. The van der Waals surface area contributed by atoms with Gasteiger partial charge in [0.15, 0.2) is 5.96 Å². The summed E-state index contributed by atoms with van der Waals surface area (Å²) in [4.78, 5) is 33.7. The van der Waals surface area contributed by atoms with E-state index in [4.69, 9.17) is 4.74 Å². The molecule has 2 rings (SSSR count). The third-order valence-electron chi connectivity index (χ3n) is 5.45. The Labute approximate surface area is 213 Å². The highest BCUT2D eigenvalue weighted by atomic mass is 127. The van der Waals surface area contributed by atoms with E-state index in [0.29, 0.717) is 25.6 Å². The van der Waals surface area contributed by atoms with Crippen molar-refractivity contribution in [3.8, 4) is 0 Å². The van der Waals surface area contributed by atoms with Gasteiger partial charge in [0, 0.05) is 51.9 Å². The van der Waals surface area contributed by atoms with Crippen LogP contribution in [0.25, 0.3) is 0 Å². The number of nitro benzene ring substituents is 1. The number of hydrogen-bond acceptors (Lipinski definition) is 6. The third-order valence-corrected chi connectivity index (χ3v) is 5.45. The van der Waals surface area contributed by atoms with Crippen LogP contribution < -0.4 is 5.32 Å². The van der Waals surface area contributed by atoms with Crippen molar-refractivity contribution in [1.29, 1.82) is 0 Å². The molecule has 0 spiro atoms.